The molecule has 6 heteroatoms. The van der Waals surface area contributed by atoms with Gasteiger partial charge in [-0.05, 0) is 24.6 Å². The number of nitrogens with one attached hydrogen (secondary N) is 1. The smallest absolute Gasteiger partial charge is 0.392 e. The zero-order valence-electron chi connectivity index (χ0n) is 11.0. The molecule has 0 unspecified atom stereocenters. The number of nitrogens with zero attached hydrogens (tertiary/aromatic N) is 1. The maximum Gasteiger partial charge on any atom is 0.392 e. The number of rotatable bonds is 5. The predicted octanol–water partition coefficient (Wildman–Crippen LogP) is 3.29. The number of alkyl halides is 3. The Hall–Kier alpha value is -1.82. The van der Waals surface area contributed by atoms with Gasteiger partial charge in [-0.3, -0.25) is 0 Å². The summed E-state index contributed by atoms with van der Waals surface area (Å²) in [5, 5.41) is 4.57. The molecule has 0 aliphatic carbocycles. The van der Waals surface area contributed by atoms with Crippen molar-refractivity contribution in [2.45, 2.75) is 19.1 Å². The predicted molar refractivity (Wildman–Crippen MR) is 70.7 cm³/mol. The van der Waals surface area contributed by atoms with Crippen molar-refractivity contribution in [3.05, 3.63) is 36.0 Å². The molecule has 0 saturated carbocycles. The first-order chi connectivity index (χ1) is 9.49. The van der Waals surface area contributed by atoms with E-state index in [1.54, 1.807) is 19.2 Å². The van der Waals surface area contributed by atoms with Crippen LogP contribution in [0.4, 0.5) is 13.2 Å². The molecule has 2 rings (SSSR count). The minimum absolute atomic E-state index is 0.248. The molecule has 0 radical (unpaired) electrons. The van der Waals surface area contributed by atoms with E-state index in [0.29, 0.717) is 6.54 Å². The van der Waals surface area contributed by atoms with Crippen molar-refractivity contribution in [3.8, 4) is 5.88 Å². The molecular formula is C14H15F3N2O. The lowest BCUT2D eigenvalue weighted by molar-refractivity contribution is -0.139. The Morgan fingerprint density at radius 2 is 2.00 bits per heavy atom. The maximum atomic E-state index is 12.2. The van der Waals surface area contributed by atoms with Crippen LogP contribution in [0.5, 0.6) is 5.88 Å². The number of benzene rings is 1. The van der Waals surface area contributed by atoms with Gasteiger partial charge in [-0.25, -0.2) is 4.98 Å². The molecule has 0 bridgehead atoms. The van der Waals surface area contributed by atoms with E-state index in [0.717, 1.165) is 16.5 Å². The van der Waals surface area contributed by atoms with Crippen molar-refractivity contribution in [1.82, 2.24) is 10.3 Å². The van der Waals surface area contributed by atoms with Gasteiger partial charge in [-0.1, -0.05) is 18.2 Å². The Morgan fingerprint density at radius 1 is 1.25 bits per heavy atom. The third kappa shape index (κ3) is 3.84. The van der Waals surface area contributed by atoms with Crippen molar-refractivity contribution < 1.29 is 17.9 Å². The van der Waals surface area contributed by atoms with E-state index < -0.39 is 19.2 Å². The first kappa shape index (κ1) is 14.6. The van der Waals surface area contributed by atoms with Crippen LogP contribution >= 0.6 is 0 Å². The number of ether oxygens (including phenoxy) is 1. The third-order valence-corrected chi connectivity index (χ3v) is 2.74. The highest BCUT2D eigenvalue weighted by Gasteiger charge is 2.27. The SMILES string of the molecule is CNCc1cc2ccccc2c(OCCC(F)(F)F)n1. The maximum absolute atomic E-state index is 12.2. The average molecular weight is 284 g/mol. The summed E-state index contributed by atoms with van der Waals surface area (Å²) in [4.78, 5) is 4.26. The molecule has 0 aliphatic rings. The Bertz CT molecular complexity index is 584. The first-order valence-corrected chi connectivity index (χ1v) is 6.22. The molecule has 1 heterocycles. The number of halogens is 3. The number of hydrogen-bond donors (Lipinski definition) is 1. The molecule has 1 N–H and O–H groups in total. The van der Waals surface area contributed by atoms with Gasteiger partial charge in [0.05, 0.1) is 18.7 Å². The van der Waals surface area contributed by atoms with Gasteiger partial charge in [0, 0.05) is 11.9 Å². The normalized spacial score (nSPS) is 11.8. The molecule has 20 heavy (non-hydrogen) atoms. The number of hydrogen-bond acceptors (Lipinski definition) is 3. The summed E-state index contributed by atoms with van der Waals surface area (Å²) in [5.74, 6) is 0.248. The number of aromatic nitrogens is 1. The second kappa shape index (κ2) is 6.09. The quantitative estimate of drug-likeness (QED) is 0.915. The van der Waals surface area contributed by atoms with E-state index in [-0.39, 0.29) is 5.88 Å². The van der Waals surface area contributed by atoms with Crippen LogP contribution in [0, 0.1) is 0 Å². The molecule has 3 nitrogen and oxygen atoms in total. The van der Waals surface area contributed by atoms with Gasteiger partial charge in [0.2, 0.25) is 5.88 Å². The summed E-state index contributed by atoms with van der Waals surface area (Å²) in [6.45, 7) is 0.101. The van der Waals surface area contributed by atoms with Crippen molar-refractivity contribution in [2.75, 3.05) is 13.7 Å². The Morgan fingerprint density at radius 3 is 2.70 bits per heavy atom. The van der Waals surface area contributed by atoms with Crippen molar-refractivity contribution >= 4 is 10.8 Å². The Balaban J connectivity index is 2.25. The number of fused-ring (bicyclic) bond motifs is 1. The van der Waals surface area contributed by atoms with Gasteiger partial charge in [0.25, 0.3) is 0 Å². The highest BCUT2D eigenvalue weighted by atomic mass is 19.4. The lowest BCUT2D eigenvalue weighted by Gasteiger charge is -2.12. The van der Waals surface area contributed by atoms with Crippen LogP contribution in [0.25, 0.3) is 10.8 Å². The van der Waals surface area contributed by atoms with E-state index >= 15 is 0 Å². The minimum Gasteiger partial charge on any atom is -0.477 e. The topological polar surface area (TPSA) is 34.1 Å². The van der Waals surface area contributed by atoms with E-state index in [1.807, 2.05) is 18.2 Å². The molecular weight excluding hydrogens is 269 g/mol. The Labute approximate surface area is 114 Å². The van der Waals surface area contributed by atoms with Gasteiger partial charge in [0.1, 0.15) is 0 Å². The fourth-order valence-electron chi connectivity index (χ4n) is 1.87. The van der Waals surface area contributed by atoms with Crippen molar-refractivity contribution in [3.63, 3.8) is 0 Å². The number of pyridine rings is 1. The lowest BCUT2D eigenvalue weighted by atomic mass is 10.1. The summed E-state index contributed by atoms with van der Waals surface area (Å²) < 4.78 is 41.7. The van der Waals surface area contributed by atoms with Crippen LogP contribution in [-0.2, 0) is 6.54 Å². The molecule has 1 aromatic carbocycles. The van der Waals surface area contributed by atoms with E-state index in [9.17, 15) is 13.2 Å². The van der Waals surface area contributed by atoms with Crippen molar-refractivity contribution in [2.24, 2.45) is 0 Å². The van der Waals surface area contributed by atoms with Gasteiger partial charge in [0.15, 0.2) is 0 Å². The standard InChI is InChI=1S/C14H15F3N2O/c1-18-9-11-8-10-4-2-3-5-12(10)13(19-11)20-7-6-14(15,16)17/h2-5,8,18H,6-7,9H2,1H3. The molecule has 1 aromatic heterocycles. The monoisotopic (exact) mass is 284 g/mol. The minimum atomic E-state index is -4.22. The molecule has 2 aromatic rings. The summed E-state index contributed by atoms with van der Waals surface area (Å²) in [6.07, 6.45) is -5.21. The summed E-state index contributed by atoms with van der Waals surface area (Å²) in [6, 6.07) is 9.23. The van der Waals surface area contributed by atoms with Crippen LogP contribution in [-0.4, -0.2) is 24.8 Å². The second-order valence-electron chi connectivity index (χ2n) is 4.38. The highest BCUT2D eigenvalue weighted by molar-refractivity contribution is 5.87. The molecule has 0 spiro atoms. The lowest BCUT2D eigenvalue weighted by Crippen LogP contribution is -2.14. The third-order valence-electron chi connectivity index (χ3n) is 2.74. The summed E-state index contributed by atoms with van der Waals surface area (Å²) in [7, 11) is 1.78. The molecule has 0 atom stereocenters. The van der Waals surface area contributed by atoms with Gasteiger partial charge < -0.3 is 10.1 Å². The van der Waals surface area contributed by atoms with Gasteiger partial charge >= 0.3 is 6.18 Å². The van der Waals surface area contributed by atoms with E-state index in [4.69, 9.17) is 4.74 Å². The second-order valence-corrected chi connectivity index (χ2v) is 4.38. The van der Waals surface area contributed by atoms with E-state index in [2.05, 4.69) is 10.3 Å². The molecule has 0 amide bonds. The van der Waals surface area contributed by atoms with E-state index in [1.165, 1.54) is 0 Å². The van der Waals surface area contributed by atoms with Crippen LogP contribution in [0.1, 0.15) is 12.1 Å². The summed E-state index contributed by atoms with van der Waals surface area (Å²) in [5.41, 5.74) is 0.730. The van der Waals surface area contributed by atoms with Crippen LogP contribution in [0.2, 0.25) is 0 Å². The van der Waals surface area contributed by atoms with Crippen molar-refractivity contribution in [1.29, 1.82) is 0 Å². The van der Waals surface area contributed by atoms with Crippen LogP contribution in [0.3, 0.4) is 0 Å². The van der Waals surface area contributed by atoms with Crippen LogP contribution in [0.15, 0.2) is 30.3 Å². The fourth-order valence-corrected chi connectivity index (χ4v) is 1.87. The summed E-state index contributed by atoms with van der Waals surface area (Å²) >= 11 is 0. The Kier molecular flexibility index (Phi) is 4.44. The largest absolute Gasteiger partial charge is 0.477 e. The molecule has 108 valence electrons. The first-order valence-electron chi connectivity index (χ1n) is 6.22. The highest BCUT2D eigenvalue weighted by Crippen LogP contribution is 2.26. The zero-order valence-corrected chi connectivity index (χ0v) is 11.0. The van der Waals surface area contributed by atoms with Gasteiger partial charge in [-0.15, -0.1) is 0 Å². The molecule has 0 fully saturated rings. The van der Waals surface area contributed by atoms with Gasteiger partial charge in [-0.2, -0.15) is 13.2 Å². The fraction of sp³-hybridized carbons (Fsp3) is 0.357. The van der Waals surface area contributed by atoms with Crippen LogP contribution < -0.4 is 10.1 Å². The zero-order chi connectivity index (χ0) is 14.6. The molecule has 0 aliphatic heterocycles. The molecule has 0 saturated heterocycles. The average Bonchev–Trinajstić information content (AvgIpc) is 2.37.